The Hall–Kier alpha value is -0.860. The van der Waals surface area contributed by atoms with Crippen molar-refractivity contribution in [2.45, 2.75) is 40.2 Å². The minimum atomic E-state index is 0.336. The van der Waals surface area contributed by atoms with E-state index in [4.69, 9.17) is 4.74 Å². The number of hydrogen-bond donors (Lipinski definition) is 1. The van der Waals surface area contributed by atoms with Crippen molar-refractivity contribution in [3.05, 3.63) is 33.9 Å². The number of ether oxygens (including phenoxy) is 1. The largest absolute Gasteiger partial charge is 0.375 e. The zero-order valence-corrected chi connectivity index (χ0v) is 11.4. The van der Waals surface area contributed by atoms with Gasteiger partial charge in [-0.1, -0.05) is 6.07 Å². The lowest BCUT2D eigenvalue weighted by molar-refractivity contribution is 0.0290. The van der Waals surface area contributed by atoms with Crippen LogP contribution in [0.4, 0.5) is 0 Å². The molecule has 1 unspecified atom stereocenters. The molecule has 0 radical (unpaired) electrons. The molecule has 1 fully saturated rings. The van der Waals surface area contributed by atoms with E-state index in [-0.39, 0.29) is 0 Å². The van der Waals surface area contributed by atoms with Crippen LogP contribution in [0.2, 0.25) is 0 Å². The first kappa shape index (κ1) is 12.6. The van der Waals surface area contributed by atoms with Crippen LogP contribution in [0.3, 0.4) is 0 Å². The molecule has 1 N–H and O–H groups in total. The van der Waals surface area contributed by atoms with Gasteiger partial charge in [0.25, 0.3) is 0 Å². The molecule has 0 spiro atoms. The van der Waals surface area contributed by atoms with E-state index in [1.165, 1.54) is 27.8 Å². The van der Waals surface area contributed by atoms with Crippen LogP contribution in [0, 0.1) is 27.7 Å². The Morgan fingerprint density at radius 3 is 2.35 bits per heavy atom. The van der Waals surface area contributed by atoms with Crippen LogP contribution in [0.1, 0.15) is 27.8 Å². The molecular weight excluding hydrogens is 210 g/mol. The van der Waals surface area contributed by atoms with E-state index in [0.717, 1.165) is 26.1 Å². The highest BCUT2D eigenvalue weighted by atomic mass is 16.5. The Kier molecular flexibility index (Phi) is 3.85. The summed E-state index contributed by atoms with van der Waals surface area (Å²) in [5.41, 5.74) is 7.14. The third-order valence-electron chi connectivity index (χ3n) is 3.96. The summed E-state index contributed by atoms with van der Waals surface area (Å²) in [4.78, 5) is 0. The number of rotatable bonds is 2. The Morgan fingerprint density at radius 1 is 1.18 bits per heavy atom. The Morgan fingerprint density at radius 2 is 1.82 bits per heavy atom. The minimum Gasteiger partial charge on any atom is -0.375 e. The second kappa shape index (κ2) is 5.19. The molecule has 1 aromatic carbocycles. The average molecular weight is 233 g/mol. The van der Waals surface area contributed by atoms with E-state index in [1.807, 2.05) is 0 Å². The highest BCUT2D eigenvalue weighted by molar-refractivity contribution is 5.44. The number of hydrogen-bond acceptors (Lipinski definition) is 2. The van der Waals surface area contributed by atoms with E-state index in [0.29, 0.717) is 6.10 Å². The van der Waals surface area contributed by atoms with E-state index in [2.05, 4.69) is 39.1 Å². The fourth-order valence-corrected chi connectivity index (χ4v) is 2.58. The normalized spacial score (nSPS) is 20.6. The van der Waals surface area contributed by atoms with Crippen molar-refractivity contribution in [1.29, 1.82) is 0 Å². The molecule has 0 saturated carbocycles. The smallest absolute Gasteiger partial charge is 0.0740 e. The van der Waals surface area contributed by atoms with Crippen LogP contribution in [0.25, 0.3) is 0 Å². The topological polar surface area (TPSA) is 21.3 Å². The van der Waals surface area contributed by atoms with E-state index in [1.54, 1.807) is 0 Å². The standard InChI is InChI=1S/C15H23NO/c1-10-7-11(2)13(4)15(12(10)3)8-14-9-16-5-6-17-14/h7,14,16H,5-6,8-9H2,1-4H3. The molecule has 0 bridgehead atoms. The van der Waals surface area contributed by atoms with E-state index >= 15 is 0 Å². The molecular formula is C15H23NO. The quantitative estimate of drug-likeness (QED) is 0.847. The summed E-state index contributed by atoms with van der Waals surface area (Å²) >= 11 is 0. The van der Waals surface area contributed by atoms with Gasteiger partial charge < -0.3 is 10.1 Å². The highest BCUT2D eigenvalue weighted by Gasteiger charge is 2.17. The first-order valence-electron chi connectivity index (χ1n) is 6.48. The molecule has 1 saturated heterocycles. The maximum absolute atomic E-state index is 5.81. The minimum absolute atomic E-state index is 0.336. The molecule has 2 rings (SSSR count). The van der Waals surface area contributed by atoms with Gasteiger partial charge in [-0.05, 0) is 55.5 Å². The average Bonchev–Trinajstić information content (AvgIpc) is 2.33. The summed E-state index contributed by atoms with van der Waals surface area (Å²) in [6.45, 7) is 11.7. The molecule has 1 aliphatic heterocycles. The van der Waals surface area contributed by atoms with Crippen molar-refractivity contribution >= 4 is 0 Å². The summed E-state index contributed by atoms with van der Waals surface area (Å²) in [5.74, 6) is 0. The van der Waals surface area contributed by atoms with Gasteiger partial charge in [0, 0.05) is 19.5 Å². The molecule has 94 valence electrons. The Balaban J connectivity index is 2.24. The number of morpholine rings is 1. The van der Waals surface area contributed by atoms with Crippen LogP contribution in [0.15, 0.2) is 6.07 Å². The fourth-order valence-electron chi connectivity index (χ4n) is 2.58. The number of aryl methyl sites for hydroxylation is 2. The van der Waals surface area contributed by atoms with Crippen LogP contribution in [-0.2, 0) is 11.2 Å². The number of nitrogens with one attached hydrogen (secondary N) is 1. The van der Waals surface area contributed by atoms with Crippen molar-refractivity contribution in [2.24, 2.45) is 0 Å². The van der Waals surface area contributed by atoms with Gasteiger partial charge in [0.2, 0.25) is 0 Å². The highest BCUT2D eigenvalue weighted by Crippen LogP contribution is 2.23. The van der Waals surface area contributed by atoms with E-state index in [9.17, 15) is 0 Å². The van der Waals surface area contributed by atoms with Gasteiger partial charge in [-0.15, -0.1) is 0 Å². The van der Waals surface area contributed by atoms with Crippen LogP contribution >= 0.6 is 0 Å². The second-order valence-electron chi connectivity index (χ2n) is 5.14. The van der Waals surface area contributed by atoms with Gasteiger partial charge >= 0.3 is 0 Å². The lowest BCUT2D eigenvalue weighted by Crippen LogP contribution is -2.39. The zero-order chi connectivity index (χ0) is 12.4. The van der Waals surface area contributed by atoms with Gasteiger partial charge in [0.05, 0.1) is 12.7 Å². The SMILES string of the molecule is Cc1cc(C)c(C)c(CC2CNCCO2)c1C. The molecule has 2 heteroatoms. The summed E-state index contributed by atoms with van der Waals surface area (Å²) in [7, 11) is 0. The first-order valence-corrected chi connectivity index (χ1v) is 6.48. The van der Waals surface area contributed by atoms with Crippen LogP contribution < -0.4 is 5.32 Å². The monoisotopic (exact) mass is 233 g/mol. The van der Waals surface area contributed by atoms with Crippen molar-refractivity contribution in [1.82, 2.24) is 5.32 Å². The summed E-state index contributed by atoms with van der Waals surface area (Å²) in [5, 5.41) is 3.40. The Bertz CT molecular complexity index is 380. The maximum atomic E-state index is 5.81. The Labute approximate surface area is 104 Å². The molecule has 0 amide bonds. The van der Waals surface area contributed by atoms with Crippen molar-refractivity contribution in [3.8, 4) is 0 Å². The summed E-state index contributed by atoms with van der Waals surface area (Å²) in [6.07, 6.45) is 1.37. The van der Waals surface area contributed by atoms with E-state index < -0.39 is 0 Å². The third kappa shape index (κ3) is 2.70. The van der Waals surface area contributed by atoms with Crippen molar-refractivity contribution in [3.63, 3.8) is 0 Å². The lowest BCUT2D eigenvalue weighted by Gasteiger charge is -2.26. The first-order chi connectivity index (χ1) is 8.09. The second-order valence-corrected chi connectivity index (χ2v) is 5.14. The molecule has 1 atom stereocenters. The molecule has 1 heterocycles. The molecule has 17 heavy (non-hydrogen) atoms. The van der Waals surface area contributed by atoms with Gasteiger partial charge in [0.1, 0.15) is 0 Å². The van der Waals surface area contributed by atoms with Crippen LogP contribution in [-0.4, -0.2) is 25.8 Å². The molecule has 0 aliphatic carbocycles. The summed E-state index contributed by atoms with van der Waals surface area (Å²) < 4.78 is 5.81. The van der Waals surface area contributed by atoms with Gasteiger partial charge in [-0.25, -0.2) is 0 Å². The molecule has 1 aliphatic rings. The predicted molar refractivity (Wildman–Crippen MR) is 71.7 cm³/mol. The summed E-state index contributed by atoms with van der Waals surface area (Å²) in [6, 6.07) is 2.29. The maximum Gasteiger partial charge on any atom is 0.0740 e. The zero-order valence-electron chi connectivity index (χ0n) is 11.4. The van der Waals surface area contributed by atoms with Crippen LogP contribution in [0.5, 0.6) is 0 Å². The van der Waals surface area contributed by atoms with Crippen molar-refractivity contribution < 1.29 is 4.74 Å². The van der Waals surface area contributed by atoms with Gasteiger partial charge in [-0.2, -0.15) is 0 Å². The third-order valence-corrected chi connectivity index (χ3v) is 3.96. The molecule has 1 aromatic rings. The molecule has 2 nitrogen and oxygen atoms in total. The molecule has 0 aromatic heterocycles. The number of benzene rings is 1. The van der Waals surface area contributed by atoms with Gasteiger partial charge in [0.15, 0.2) is 0 Å². The lowest BCUT2D eigenvalue weighted by atomic mass is 9.90. The predicted octanol–water partition coefficient (Wildman–Crippen LogP) is 2.45. The van der Waals surface area contributed by atoms with Crippen molar-refractivity contribution in [2.75, 3.05) is 19.7 Å². The fraction of sp³-hybridized carbons (Fsp3) is 0.600. The van der Waals surface area contributed by atoms with Gasteiger partial charge in [-0.3, -0.25) is 0 Å².